The van der Waals surface area contributed by atoms with Gasteiger partial charge >= 0.3 is 23.9 Å². The number of imide groups is 3. The molecule has 0 aliphatic carbocycles. The van der Waals surface area contributed by atoms with Crippen LogP contribution in [-0.2, 0) is 20.9 Å². The topological polar surface area (TPSA) is 116 Å². The Morgan fingerprint density at radius 2 is 1.62 bits per heavy atom. The molecule has 0 unspecified atom stereocenters. The molecule has 1 aromatic carbocycles. The van der Waals surface area contributed by atoms with E-state index in [1.165, 1.54) is 0 Å². The van der Waals surface area contributed by atoms with Crippen LogP contribution in [0.3, 0.4) is 0 Å². The van der Waals surface area contributed by atoms with Crippen molar-refractivity contribution in [2.24, 2.45) is 5.92 Å². The summed E-state index contributed by atoms with van der Waals surface area (Å²) in [5.41, 5.74) is 0.843. The molecule has 1 heterocycles. The van der Waals surface area contributed by atoms with Gasteiger partial charge in [-0.2, -0.15) is 0 Å². The van der Waals surface area contributed by atoms with Gasteiger partial charge in [-0.1, -0.05) is 44.2 Å². The molecule has 1 fully saturated rings. The van der Waals surface area contributed by atoms with E-state index in [-0.39, 0.29) is 19.0 Å². The first-order valence-electron chi connectivity index (χ1n) is 8.08. The van der Waals surface area contributed by atoms with Gasteiger partial charge in [0, 0.05) is 13.1 Å². The zero-order chi connectivity index (χ0) is 19.3. The molecular weight excluding hydrogens is 340 g/mol. The molecule has 1 aromatic rings. The maximum Gasteiger partial charge on any atom is 0.334 e. The first-order chi connectivity index (χ1) is 12.3. The van der Waals surface area contributed by atoms with Gasteiger partial charge in [0.15, 0.2) is 0 Å². The van der Waals surface area contributed by atoms with Crippen LogP contribution in [0.5, 0.6) is 0 Å². The lowest BCUT2D eigenvalue weighted by molar-refractivity contribution is -0.144. The predicted molar refractivity (Wildman–Crippen MR) is 90.5 cm³/mol. The van der Waals surface area contributed by atoms with Crippen molar-refractivity contribution in [2.45, 2.75) is 20.4 Å². The summed E-state index contributed by atoms with van der Waals surface area (Å²) >= 11 is 0. The minimum atomic E-state index is -1.07. The van der Waals surface area contributed by atoms with E-state index in [9.17, 15) is 24.0 Å². The van der Waals surface area contributed by atoms with Crippen LogP contribution in [0.25, 0.3) is 0 Å². The zero-order valence-electron chi connectivity index (χ0n) is 14.5. The van der Waals surface area contributed by atoms with Crippen LogP contribution in [0.1, 0.15) is 19.4 Å². The summed E-state index contributed by atoms with van der Waals surface area (Å²) in [5, 5.41) is 4.51. The Labute approximate surface area is 150 Å². The van der Waals surface area contributed by atoms with E-state index in [4.69, 9.17) is 0 Å². The highest BCUT2D eigenvalue weighted by Gasteiger charge is 2.45. The van der Waals surface area contributed by atoms with Crippen molar-refractivity contribution in [3.8, 4) is 0 Å². The van der Waals surface area contributed by atoms with Crippen LogP contribution in [0, 0.1) is 5.92 Å². The number of amides is 7. The number of nitrogens with one attached hydrogen (secondary N) is 2. The second-order valence-electron chi connectivity index (χ2n) is 6.20. The van der Waals surface area contributed by atoms with Gasteiger partial charge in [-0.05, 0) is 11.5 Å². The minimum Gasteiger partial charge on any atom is -0.334 e. The lowest BCUT2D eigenvalue weighted by atomic mass is 10.2. The second-order valence-corrected chi connectivity index (χ2v) is 6.20. The molecule has 1 aliphatic heterocycles. The van der Waals surface area contributed by atoms with Crippen molar-refractivity contribution in [3.05, 3.63) is 35.9 Å². The molecule has 9 heteroatoms. The molecule has 1 saturated heterocycles. The van der Waals surface area contributed by atoms with E-state index in [1.54, 1.807) is 26.0 Å². The normalized spacial score (nSPS) is 14.2. The highest BCUT2D eigenvalue weighted by Crippen LogP contribution is 2.13. The summed E-state index contributed by atoms with van der Waals surface area (Å²) in [6.45, 7) is 3.17. The largest absolute Gasteiger partial charge is 0.334 e. The lowest BCUT2D eigenvalue weighted by Crippen LogP contribution is -2.46. The molecule has 0 radical (unpaired) electrons. The quantitative estimate of drug-likeness (QED) is 0.565. The summed E-state index contributed by atoms with van der Waals surface area (Å²) < 4.78 is 0. The number of benzene rings is 1. The van der Waals surface area contributed by atoms with Crippen LogP contribution in [0.15, 0.2) is 30.3 Å². The molecule has 9 nitrogen and oxygen atoms in total. The van der Waals surface area contributed by atoms with E-state index in [1.807, 2.05) is 23.5 Å². The number of rotatable bonds is 6. The fraction of sp³-hybridized carbons (Fsp3) is 0.353. The third-order valence-electron chi connectivity index (χ3n) is 3.53. The van der Waals surface area contributed by atoms with Crippen LogP contribution >= 0.6 is 0 Å². The van der Waals surface area contributed by atoms with Crippen LogP contribution in [-0.4, -0.2) is 52.7 Å². The molecule has 26 heavy (non-hydrogen) atoms. The van der Waals surface area contributed by atoms with Crippen LogP contribution < -0.4 is 10.6 Å². The first kappa shape index (κ1) is 19.1. The van der Waals surface area contributed by atoms with Gasteiger partial charge in [0.1, 0.15) is 6.54 Å². The number of carbonyl (C=O) groups is 5. The van der Waals surface area contributed by atoms with E-state index in [0.29, 0.717) is 4.90 Å². The molecule has 0 saturated carbocycles. The van der Waals surface area contributed by atoms with Crippen molar-refractivity contribution >= 4 is 29.8 Å². The average Bonchev–Trinajstić information content (AvgIpc) is 2.78. The van der Waals surface area contributed by atoms with Gasteiger partial charge < -0.3 is 5.32 Å². The maximum absolute atomic E-state index is 12.1. The number of hydrogen-bond donors (Lipinski definition) is 2. The van der Waals surface area contributed by atoms with Gasteiger partial charge in [-0.25, -0.2) is 14.5 Å². The summed E-state index contributed by atoms with van der Waals surface area (Å²) in [5.74, 6) is -2.93. The Bertz CT molecular complexity index is 732. The number of nitrogens with zero attached hydrogens (tertiary/aromatic N) is 2. The van der Waals surface area contributed by atoms with Crippen molar-refractivity contribution in [1.29, 1.82) is 0 Å². The number of carbonyl (C=O) groups excluding carboxylic acids is 5. The standard InChI is InChI=1S/C17H20N4O5/c1-11(2)9-20-14(23)15(24)21(17(20)26)10-13(22)19-16(25)18-8-12-6-4-3-5-7-12/h3-7,11H,8-10H2,1-2H3,(H2,18,19,22,25). The Balaban J connectivity index is 1.86. The zero-order valence-corrected chi connectivity index (χ0v) is 14.5. The van der Waals surface area contributed by atoms with E-state index >= 15 is 0 Å². The van der Waals surface area contributed by atoms with Gasteiger partial charge in [0.2, 0.25) is 5.91 Å². The van der Waals surface area contributed by atoms with Gasteiger partial charge in [-0.15, -0.1) is 0 Å². The SMILES string of the molecule is CC(C)CN1C(=O)C(=O)N(CC(=O)NC(=O)NCc2ccccc2)C1=O. The molecule has 0 spiro atoms. The van der Waals surface area contributed by atoms with Crippen molar-refractivity contribution in [2.75, 3.05) is 13.1 Å². The smallest absolute Gasteiger partial charge is 0.334 e. The highest BCUT2D eigenvalue weighted by molar-refractivity contribution is 6.45. The Morgan fingerprint density at radius 1 is 1.00 bits per heavy atom. The van der Waals surface area contributed by atoms with Crippen LogP contribution in [0.2, 0.25) is 0 Å². The molecule has 1 aliphatic rings. The first-order valence-corrected chi connectivity index (χ1v) is 8.08. The molecule has 0 aromatic heterocycles. The lowest BCUT2D eigenvalue weighted by Gasteiger charge is -2.16. The third-order valence-corrected chi connectivity index (χ3v) is 3.53. The van der Waals surface area contributed by atoms with Gasteiger partial charge in [0.25, 0.3) is 0 Å². The van der Waals surface area contributed by atoms with Crippen molar-refractivity contribution in [1.82, 2.24) is 20.4 Å². The van der Waals surface area contributed by atoms with E-state index < -0.39 is 36.3 Å². The molecule has 2 rings (SSSR count). The predicted octanol–water partition coefficient (Wildman–Crippen LogP) is 0.459. The summed E-state index contributed by atoms with van der Waals surface area (Å²) in [7, 11) is 0. The van der Waals surface area contributed by atoms with E-state index in [0.717, 1.165) is 10.5 Å². The van der Waals surface area contributed by atoms with E-state index in [2.05, 4.69) is 5.32 Å². The van der Waals surface area contributed by atoms with Crippen molar-refractivity contribution in [3.63, 3.8) is 0 Å². The second kappa shape index (κ2) is 8.24. The molecule has 2 N–H and O–H groups in total. The minimum absolute atomic E-state index is 0.0201. The average molecular weight is 360 g/mol. The highest BCUT2D eigenvalue weighted by atomic mass is 16.2. The Morgan fingerprint density at radius 3 is 2.23 bits per heavy atom. The Kier molecular flexibility index (Phi) is 6.05. The Hall–Kier alpha value is -3.23. The summed E-state index contributed by atoms with van der Waals surface area (Å²) in [6, 6.07) is 7.45. The maximum atomic E-state index is 12.1. The fourth-order valence-electron chi connectivity index (χ4n) is 2.35. The summed E-state index contributed by atoms with van der Waals surface area (Å²) in [6.07, 6.45) is 0. The molecule has 0 atom stereocenters. The number of hydrogen-bond acceptors (Lipinski definition) is 5. The summed E-state index contributed by atoms with van der Waals surface area (Å²) in [4.78, 5) is 60.8. The van der Waals surface area contributed by atoms with Gasteiger partial charge in [-0.3, -0.25) is 24.6 Å². The van der Waals surface area contributed by atoms with Gasteiger partial charge in [0.05, 0.1) is 0 Å². The third kappa shape index (κ3) is 4.65. The monoisotopic (exact) mass is 360 g/mol. The molecule has 0 bridgehead atoms. The fourth-order valence-corrected chi connectivity index (χ4v) is 2.35. The molecule has 138 valence electrons. The number of urea groups is 2. The van der Waals surface area contributed by atoms with Crippen LogP contribution in [0.4, 0.5) is 9.59 Å². The van der Waals surface area contributed by atoms with Crippen molar-refractivity contribution < 1.29 is 24.0 Å². The molecular formula is C17H20N4O5. The molecule has 7 amide bonds.